The van der Waals surface area contributed by atoms with E-state index < -0.39 is 0 Å². The van der Waals surface area contributed by atoms with E-state index in [1.54, 1.807) is 22.2 Å². The van der Waals surface area contributed by atoms with Crippen molar-refractivity contribution in [3.63, 3.8) is 0 Å². The number of hydrogen-bond donors (Lipinski definition) is 2. The van der Waals surface area contributed by atoms with Gasteiger partial charge in [-0.15, -0.1) is 11.3 Å². The summed E-state index contributed by atoms with van der Waals surface area (Å²) in [4.78, 5) is 16.5. The molecule has 124 valence electrons. The Hall–Kier alpha value is -2.67. The van der Waals surface area contributed by atoms with E-state index in [0.29, 0.717) is 6.54 Å². The minimum atomic E-state index is -0.220. The molecule has 0 bridgehead atoms. The van der Waals surface area contributed by atoms with E-state index in [-0.39, 0.29) is 11.9 Å². The van der Waals surface area contributed by atoms with Crippen molar-refractivity contribution < 1.29 is 4.79 Å². The van der Waals surface area contributed by atoms with Crippen LogP contribution in [-0.2, 0) is 0 Å². The van der Waals surface area contributed by atoms with Gasteiger partial charge in [-0.3, -0.25) is 0 Å². The maximum atomic E-state index is 12.0. The summed E-state index contributed by atoms with van der Waals surface area (Å²) in [5.41, 5.74) is 2.70. The van der Waals surface area contributed by atoms with Gasteiger partial charge in [-0.25, -0.2) is 14.5 Å². The Kier molecular flexibility index (Phi) is 4.90. The van der Waals surface area contributed by atoms with Crippen LogP contribution in [0.1, 0.15) is 23.5 Å². The molecule has 0 radical (unpaired) electrons. The number of amides is 2. The van der Waals surface area contributed by atoms with E-state index in [4.69, 9.17) is 0 Å². The van der Waals surface area contributed by atoms with Crippen LogP contribution in [0.2, 0.25) is 0 Å². The topological polar surface area (TPSA) is 71.8 Å². The Labute approximate surface area is 144 Å². The number of rotatable bonds is 5. The Balaban J connectivity index is 1.51. The molecule has 7 heteroatoms. The van der Waals surface area contributed by atoms with Gasteiger partial charge in [-0.05, 0) is 37.3 Å². The van der Waals surface area contributed by atoms with Crippen molar-refractivity contribution in [2.24, 2.45) is 0 Å². The van der Waals surface area contributed by atoms with Gasteiger partial charge in [0.2, 0.25) is 0 Å². The highest BCUT2D eigenvalue weighted by Gasteiger charge is 2.11. The highest BCUT2D eigenvalue weighted by atomic mass is 32.1. The van der Waals surface area contributed by atoms with Crippen LogP contribution in [0.5, 0.6) is 0 Å². The molecule has 2 amide bonds. The monoisotopic (exact) mass is 341 g/mol. The molecule has 0 saturated carbocycles. The average Bonchev–Trinajstić information content (AvgIpc) is 3.25. The van der Waals surface area contributed by atoms with Gasteiger partial charge < -0.3 is 10.6 Å². The van der Waals surface area contributed by atoms with Crippen molar-refractivity contribution in [1.29, 1.82) is 0 Å². The van der Waals surface area contributed by atoms with Crippen LogP contribution in [0.3, 0.4) is 0 Å². The van der Waals surface area contributed by atoms with E-state index in [2.05, 4.69) is 27.6 Å². The molecule has 3 aromatic rings. The van der Waals surface area contributed by atoms with Crippen molar-refractivity contribution in [2.75, 3.05) is 11.9 Å². The molecule has 0 aliphatic carbocycles. The number of benzene rings is 1. The quantitative estimate of drug-likeness (QED) is 0.745. The lowest BCUT2D eigenvalue weighted by atomic mass is 10.2. The van der Waals surface area contributed by atoms with E-state index in [1.807, 2.05) is 48.8 Å². The zero-order valence-electron chi connectivity index (χ0n) is 13.6. The minimum absolute atomic E-state index is 0.191. The summed E-state index contributed by atoms with van der Waals surface area (Å²) in [6, 6.07) is 9.16. The standard InChI is InChI=1S/C17H19N5OS/c1-12(16-20-13(2)11-24-16)10-18-17(23)21-14-4-6-15(7-5-14)22-9-3-8-19-22/h3-9,11-12H,10H2,1-2H3,(H2,18,21,23)/t12-/m1/s1. The third-order valence-electron chi connectivity index (χ3n) is 3.52. The number of carbonyl (C=O) groups excluding carboxylic acids is 1. The Bertz CT molecular complexity index is 795. The molecule has 3 rings (SSSR count). The number of urea groups is 1. The summed E-state index contributed by atoms with van der Waals surface area (Å²) in [6.45, 7) is 4.57. The maximum Gasteiger partial charge on any atom is 0.319 e. The van der Waals surface area contributed by atoms with Gasteiger partial charge in [0, 0.05) is 41.6 Å². The van der Waals surface area contributed by atoms with Gasteiger partial charge in [0.25, 0.3) is 0 Å². The van der Waals surface area contributed by atoms with Crippen LogP contribution in [-0.4, -0.2) is 27.3 Å². The molecular weight excluding hydrogens is 322 g/mol. The molecule has 2 heterocycles. The fraction of sp³-hybridized carbons (Fsp3) is 0.235. The number of hydrogen-bond acceptors (Lipinski definition) is 4. The summed E-state index contributed by atoms with van der Waals surface area (Å²) >= 11 is 1.62. The second-order valence-corrected chi connectivity index (χ2v) is 6.45. The minimum Gasteiger partial charge on any atom is -0.337 e. The molecule has 1 atom stereocenters. The smallest absolute Gasteiger partial charge is 0.319 e. The van der Waals surface area contributed by atoms with E-state index in [0.717, 1.165) is 22.1 Å². The van der Waals surface area contributed by atoms with Gasteiger partial charge in [0.15, 0.2) is 0 Å². The molecule has 2 N–H and O–H groups in total. The van der Waals surface area contributed by atoms with Gasteiger partial charge in [0.1, 0.15) is 0 Å². The third-order valence-corrected chi connectivity index (χ3v) is 4.72. The molecule has 0 spiro atoms. The second kappa shape index (κ2) is 7.27. The number of thiazole rings is 1. The summed E-state index contributed by atoms with van der Waals surface area (Å²) < 4.78 is 1.77. The summed E-state index contributed by atoms with van der Waals surface area (Å²) in [5, 5.41) is 12.9. The predicted octanol–water partition coefficient (Wildman–Crippen LogP) is 3.56. The lowest BCUT2D eigenvalue weighted by molar-refractivity contribution is 0.251. The first-order valence-electron chi connectivity index (χ1n) is 7.69. The summed E-state index contributed by atoms with van der Waals surface area (Å²) in [5.74, 6) is 0.191. The van der Waals surface area contributed by atoms with Crippen molar-refractivity contribution in [3.05, 3.63) is 58.8 Å². The van der Waals surface area contributed by atoms with Crippen LogP contribution in [0, 0.1) is 6.92 Å². The first-order chi connectivity index (χ1) is 11.6. The molecule has 0 unspecified atom stereocenters. The molecule has 0 saturated heterocycles. The van der Waals surface area contributed by atoms with Crippen molar-refractivity contribution in [3.8, 4) is 5.69 Å². The summed E-state index contributed by atoms with van der Waals surface area (Å²) in [6.07, 6.45) is 3.60. The zero-order chi connectivity index (χ0) is 16.9. The number of aromatic nitrogens is 3. The number of anilines is 1. The molecular formula is C17H19N5OS. The Morgan fingerprint density at radius 3 is 2.75 bits per heavy atom. The van der Waals surface area contributed by atoms with Gasteiger partial charge >= 0.3 is 6.03 Å². The van der Waals surface area contributed by atoms with E-state index in [1.165, 1.54) is 0 Å². The van der Waals surface area contributed by atoms with Crippen LogP contribution >= 0.6 is 11.3 Å². The van der Waals surface area contributed by atoms with E-state index >= 15 is 0 Å². The molecule has 6 nitrogen and oxygen atoms in total. The zero-order valence-corrected chi connectivity index (χ0v) is 14.4. The first-order valence-corrected chi connectivity index (χ1v) is 8.57. The number of nitrogens with zero attached hydrogens (tertiary/aromatic N) is 3. The number of aryl methyl sites for hydroxylation is 1. The molecule has 1 aromatic carbocycles. The van der Waals surface area contributed by atoms with Crippen LogP contribution in [0.25, 0.3) is 5.69 Å². The maximum absolute atomic E-state index is 12.0. The average molecular weight is 341 g/mol. The largest absolute Gasteiger partial charge is 0.337 e. The van der Waals surface area contributed by atoms with Crippen molar-refractivity contribution in [1.82, 2.24) is 20.1 Å². The molecule has 0 fully saturated rings. The normalized spacial score (nSPS) is 11.9. The van der Waals surface area contributed by atoms with Crippen molar-refractivity contribution >= 4 is 23.1 Å². The lowest BCUT2D eigenvalue weighted by Crippen LogP contribution is -2.31. The molecule has 2 aromatic heterocycles. The van der Waals surface area contributed by atoms with Gasteiger partial charge in [-0.1, -0.05) is 6.92 Å². The fourth-order valence-corrected chi connectivity index (χ4v) is 3.08. The third kappa shape index (κ3) is 3.99. The molecule has 0 aliphatic heterocycles. The lowest BCUT2D eigenvalue weighted by Gasteiger charge is -2.11. The highest BCUT2D eigenvalue weighted by Crippen LogP contribution is 2.19. The predicted molar refractivity (Wildman–Crippen MR) is 95.9 cm³/mol. The number of nitrogens with one attached hydrogen (secondary N) is 2. The first kappa shape index (κ1) is 16.2. The Morgan fingerprint density at radius 2 is 2.12 bits per heavy atom. The molecule has 24 heavy (non-hydrogen) atoms. The van der Waals surface area contributed by atoms with Gasteiger partial charge in [0.05, 0.1) is 10.7 Å². The van der Waals surface area contributed by atoms with E-state index in [9.17, 15) is 4.79 Å². The van der Waals surface area contributed by atoms with Crippen molar-refractivity contribution in [2.45, 2.75) is 19.8 Å². The SMILES string of the molecule is Cc1csc([C@H](C)CNC(=O)Nc2ccc(-n3cccn3)cc2)n1. The van der Waals surface area contributed by atoms with Crippen LogP contribution in [0.4, 0.5) is 10.5 Å². The van der Waals surface area contributed by atoms with Crippen LogP contribution in [0.15, 0.2) is 48.1 Å². The summed E-state index contributed by atoms with van der Waals surface area (Å²) in [7, 11) is 0. The highest BCUT2D eigenvalue weighted by molar-refractivity contribution is 7.09. The molecule has 0 aliphatic rings. The fourth-order valence-electron chi connectivity index (χ4n) is 2.23. The number of carbonyl (C=O) groups is 1. The second-order valence-electron chi connectivity index (χ2n) is 5.56. The Morgan fingerprint density at radius 1 is 1.33 bits per heavy atom. The van der Waals surface area contributed by atoms with Crippen LogP contribution < -0.4 is 10.6 Å². The van der Waals surface area contributed by atoms with Gasteiger partial charge in [-0.2, -0.15) is 5.10 Å².